The second kappa shape index (κ2) is 7.86. The Morgan fingerprint density at radius 2 is 1.61 bits per heavy atom. The first-order valence-electron chi connectivity index (χ1n) is 13.0. The molecule has 5 rings (SSSR count). The SMILES string of the molecule is CC1(C)[C@@H](O[C@@H]2O[C@H](CO)[C@@H](O)[C@H](O)[C@H]2O)CC[C@]2(C)[C@@H]1CC[C@@]13C[C@@H](CC[C@H]12)[C@](C)(O)C3. The van der Waals surface area contributed by atoms with E-state index in [9.17, 15) is 25.5 Å². The lowest BCUT2D eigenvalue weighted by Crippen LogP contribution is -2.63. The maximum atomic E-state index is 11.1. The van der Waals surface area contributed by atoms with Gasteiger partial charge in [-0.2, -0.15) is 0 Å². The summed E-state index contributed by atoms with van der Waals surface area (Å²) in [6.45, 7) is 8.60. The van der Waals surface area contributed by atoms with Crippen molar-refractivity contribution in [3.05, 3.63) is 0 Å². The molecule has 1 saturated heterocycles. The molecule has 1 heterocycles. The van der Waals surface area contributed by atoms with Gasteiger partial charge in [0.15, 0.2) is 6.29 Å². The van der Waals surface area contributed by atoms with E-state index in [1.165, 1.54) is 6.42 Å². The van der Waals surface area contributed by atoms with Crippen molar-refractivity contribution in [3.8, 4) is 0 Å². The Balaban J connectivity index is 1.36. The molecule has 0 aromatic heterocycles. The molecule has 5 aliphatic rings. The van der Waals surface area contributed by atoms with Gasteiger partial charge in [-0.1, -0.05) is 20.8 Å². The van der Waals surface area contributed by atoms with Gasteiger partial charge < -0.3 is 35.0 Å². The number of aliphatic hydroxyl groups is 5. The topological polar surface area (TPSA) is 120 Å². The van der Waals surface area contributed by atoms with Crippen LogP contribution in [-0.2, 0) is 9.47 Å². The van der Waals surface area contributed by atoms with Crippen molar-refractivity contribution in [2.24, 2.45) is 34.0 Å². The van der Waals surface area contributed by atoms with Crippen LogP contribution in [0.25, 0.3) is 0 Å². The van der Waals surface area contributed by atoms with E-state index in [0.29, 0.717) is 17.8 Å². The molecule has 7 nitrogen and oxygen atoms in total. The maximum absolute atomic E-state index is 11.1. The van der Waals surface area contributed by atoms with E-state index < -0.39 is 42.9 Å². The lowest BCUT2D eigenvalue weighted by Gasteiger charge is -2.65. The zero-order valence-electron chi connectivity index (χ0n) is 20.6. The Kier molecular flexibility index (Phi) is 5.81. The van der Waals surface area contributed by atoms with Crippen molar-refractivity contribution in [1.29, 1.82) is 0 Å². The van der Waals surface area contributed by atoms with E-state index in [-0.39, 0.29) is 22.3 Å². The highest BCUT2D eigenvalue weighted by Crippen LogP contribution is 2.73. The zero-order valence-corrected chi connectivity index (χ0v) is 20.6. The van der Waals surface area contributed by atoms with Gasteiger partial charge >= 0.3 is 0 Å². The Morgan fingerprint density at radius 1 is 0.879 bits per heavy atom. The van der Waals surface area contributed by atoms with E-state index in [2.05, 4.69) is 27.7 Å². The molecule has 0 unspecified atom stereocenters. The molecule has 0 amide bonds. The van der Waals surface area contributed by atoms with Crippen molar-refractivity contribution in [1.82, 2.24) is 0 Å². The summed E-state index contributed by atoms with van der Waals surface area (Å²) in [4.78, 5) is 0. The third kappa shape index (κ3) is 3.48. The fraction of sp³-hybridized carbons (Fsp3) is 1.00. The van der Waals surface area contributed by atoms with Crippen LogP contribution in [0.4, 0.5) is 0 Å². The van der Waals surface area contributed by atoms with Gasteiger partial charge in [-0.15, -0.1) is 0 Å². The van der Waals surface area contributed by atoms with Crippen LogP contribution < -0.4 is 0 Å². The van der Waals surface area contributed by atoms with Crippen LogP contribution in [0.3, 0.4) is 0 Å². The number of ether oxygens (including phenoxy) is 2. The molecule has 33 heavy (non-hydrogen) atoms. The lowest BCUT2D eigenvalue weighted by molar-refractivity contribution is -0.329. The summed E-state index contributed by atoms with van der Waals surface area (Å²) >= 11 is 0. The summed E-state index contributed by atoms with van der Waals surface area (Å²) in [5, 5.41) is 51.4. The highest BCUT2D eigenvalue weighted by molar-refractivity contribution is 5.16. The van der Waals surface area contributed by atoms with E-state index in [0.717, 1.165) is 44.9 Å². The van der Waals surface area contributed by atoms with Crippen LogP contribution >= 0.6 is 0 Å². The third-order valence-electron chi connectivity index (χ3n) is 11.1. The minimum Gasteiger partial charge on any atom is -0.394 e. The van der Waals surface area contributed by atoms with Crippen LogP contribution in [0.5, 0.6) is 0 Å². The zero-order chi connectivity index (χ0) is 24.0. The second-order valence-electron chi connectivity index (χ2n) is 13.2. The van der Waals surface area contributed by atoms with E-state index in [4.69, 9.17) is 9.47 Å². The normalized spacial score (nSPS) is 57.9. The quantitative estimate of drug-likeness (QED) is 0.402. The first kappa shape index (κ1) is 24.4. The maximum Gasteiger partial charge on any atom is 0.186 e. The molecule has 5 N–H and O–H groups in total. The van der Waals surface area contributed by atoms with Crippen LogP contribution in [0.15, 0.2) is 0 Å². The molecule has 190 valence electrons. The number of rotatable bonds is 3. The predicted molar refractivity (Wildman–Crippen MR) is 121 cm³/mol. The molecule has 5 fully saturated rings. The molecule has 1 spiro atoms. The van der Waals surface area contributed by atoms with Crippen LogP contribution in [0, 0.1) is 34.0 Å². The van der Waals surface area contributed by atoms with Crippen LogP contribution in [-0.4, -0.2) is 74.6 Å². The molecule has 0 aromatic carbocycles. The number of hydrogen-bond acceptors (Lipinski definition) is 7. The highest BCUT2D eigenvalue weighted by Gasteiger charge is 2.67. The van der Waals surface area contributed by atoms with Crippen molar-refractivity contribution >= 4 is 0 Å². The van der Waals surface area contributed by atoms with Gasteiger partial charge in [-0.05, 0) is 92.3 Å². The summed E-state index contributed by atoms with van der Waals surface area (Å²) in [5.41, 5.74) is -0.247. The largest absolute Gasteiger partial charge is 0.394 e. The van der Waals surface area contributed by atoms with E-state index in [1.807, 2.05) is 0 Å². The van der Waals surface area contributed by atoms with Crippen LogP contribution in [0.2, 0.25) is 0 Å². The van der Waals surface area contributed by atoms with E-state index >= 15 is 0 Å². The second-order valence-corrected chi connectivity index (χ2v) is 13.2. The van der Waals surface area contributed by atoms with Crippen molar-refractivity contribution in [2.75, 3.05) is 6.61 Å². The van der Waals surface area contributed by atoms with Crippen molar-refractivity contribution in [3.63, 3.8) is 0 Å². The van der Waals surface area contributed by atoms with Gasteiger partial charge in [-0.3, -0.25) is 0 Å². The molecule has 0 aromatic rings. The van der Waals surface area contributed by atoms with Gasteiger partial charge in [-0.25, -0.2) is 0 Å². The Morgan fingerprint density at radius 3 is 2.30 bits per heavy atom. The van der Waals surface area contributed by atoms with Gasteiger partial charge in [0.25, 0.3) is 0 Å². The highest BCUT2D eigenvalue weighted by atomic mass is 16.7. The Bertz CT molecular complexity index is 753. The summed E-state index contributed by atoms with van der Waals surface area (Å²) in [7, 11) is 0. The lowest BCUT2D eigenvalue weighted by atomic mass is 9.41. The third-order valence-corrected chi connectivity index (χ3v) is 11.1. The van der Waals surface area contributed by atoms with Crippen molar-refractivity contribution in [2.45, 2.75) is 121 Å². The van der Waals surface area contributed by atoms with Crippen molar-refractivity contribution < 1.29 is 35.0 Å². The molecular formula is C26H44O7. The molecule has 4 saturated carbocycles. The summed E-state index contributed by atoms with van der Waals surface area (Å²) in [6.07, 6.45) is 2.19. The van der Waals surface area contributed by atoms with Gasteiger partial charge in [0.2, 0.25) is 0 Å². The summed E-state index contributed by atoms with van der Waals surface area (Å²) in [5.74, 6) is 1.50. The number of hydrogen-bond donors (Lipinski definition) is 5. The molecular weight excluding hydrogens is 424 g/mol. The Hall–Kier alpha value is -0.280. The summed E-state index contributed by atoms with van der Waals surface area (Å²) < 4.78 is 12.0. The molecule has 4 aliphatic carbocycles. The minimum atomic E-state index is -1.42. The average Bonchev–Trinajstić information content (AvgIpc) is 2.93. The first-order chi connectivity index (χ1) is 15.4. The minimum absolute atomic E-state index is 0.158. The van der Waals surface area contributed by atoms with Gasteiger partial charge in [0.1, 0.15) is 24.4 Å². The van der Waals surface area contributed by atoms with Crippen LogP contribution in [0.1, 0.15) is 79.1 Å². The standard InChI is InChI=1S/C26H44O7/c1-23(2)16-7-10-26-11-14(25(4,31)13-26)5-6-17(26)24(16,3)9-8-18(23)33-22-21(30)20(29)19(28)15(12-27)32-22/h14-22,27-31H,5-13H2,1-4H3/t14-,15-,16-,17+,18+,19-,20+,21-,22+,24-,25-,26+/m1/s1. The van der Waals surface area contributed by atoms with Gasteiger partial charge in [0, 0.05) is 0 Å². The smallest absolute Gasteiger partial charge is 0.186 e. The fourth-order valence-corrected chi connectivity index (χ4v) is 9.58. The molecule has 12 atom stereocenters. The fourth-order valence-electron chi connectivity index (χ4n) is 9.58. The van der Waals surface area contributed by atoms with Gasteiger partial charge in [0.05, 0.1) is 18.3 Å². The molecule has 1 aliphatic heterocycles. The molecule has 2 bridgehead atoms. The van der Waals surface area contributed by atoms with E-state index in [1.54, 1.807) is 0 Å². The number of fused-ring (bicyclic) bond motifs is 3. The predicted octanol–water partition coefficient (Wildman–Crippen LogP) is 1.97. The number of aliphatic hydroxyl groups excluding tert-OH is 4. The summed E-state index contributed by atoms with van der Waals surface area (Å²) in [6, 6.07) is 0. The first-order valence-corrected chi connectivity index (χ1v) is 13.0. The average molecular weight is 469 g/mol. The molecule has 7 heteroatoms. The Labute approximate surface area is 197 Å². The monoisotopic (exact) mass is 468 g/mol. The molecule has 0 radical (unpaired) electrons.